The summed E-state index contributed by atoms with van der Waals surface area (Å²) in [6, 6.07) is 13.4. The van der Waals surface area contributed by atoms with Crippen LogP contribution in [0.5, 0.6) is 5.75 Å². The van der Waals surface area contributed by atoms with E-state index >= 15 is 0 Å². The minimum Gasteiger partial charge on any atom is -0.427 e. The summed E-state index contributed by atoms with van der Waals surface area (Å²) in [5.74, 6) is -0.104. The molecule has 0 heterocycles. The van der Waals surface area contributed by atoms with Crippen molar-refractivity contribution in [2.24, 2.45) is 0 Å². The highest BCUT2D eigenvalue weighted by Crippen LogP contribution is 2.18. The maximum atomic E-state index is 12.8. The number of hydrogen-bond acceptors (Lipinski definition) is 3. The molecule has 0 saturated carbocycles. The van der Waals surface area contributed by atoms with Crippen molar-refractivity contribution < 1.29 is 13.9 Å². The van der Waals surface area contributed by atoms with Crippen LogP contribution in [0.25, 0.3) is 0 Å². The number of nitrogens with one attached hydrogen (secondary N) is 1. The van der Waals surface area contributed by atoms with Crippen molar-refractivity contribution in [2.45, 2.75) is 13.5 Å². The summed E-state index contributed by atoms with van der Waals surface area (Å²) in [5, 5.41) is 3.18. The minimum absolute atomic E-state index is 0.249. The zero-order valence-corrected chi connectivity index (χ0v) is 10.5. The Labute approximate surface area is 111 Å². The lowest BCUT2D eigenvalue weighted by molar-refractivity contribution is -0.131. The van der Waals surface area contributed by atoms with E-state index in [4.69, 9.17) is 4.74 Å². The summed E-state index contributed by atoms with van der Waals surface area (Å²) < 4.78 is 17.7. The van der Waals surface area contributed by atoms with Crippen molar-refractivity contribution >= 4 is 11.7 Å². The second kappa shape index (κ2) is 6.00. The Bertz CT molecular complexity index is 567. The summed E-state index contributed by atoms with van der Waals surface area (Å²) in [6.45, 7) is 1.93. The summed E-state index contributed by atoms with van der Waals surface area (Å²) in [6.07, 6.45) is 0. The highest BCUT2D eigenvalue weighted by molar-refractivity contribution is 5.69. The molecule has 0 aliphatic heterocycles. The molecule has 0 atom stereocenters. The van der Waals surface area contributed by atoms with Crippen molar-refractivity contribution in [3.05, 3.63) is 59.9 Å². The van der Waals surface area contributed by atoms with Gasteiger partial charge in [0.15, 0.2) is 0 Å². The number of esters is 1. The van der Waals surface area contributed by atoms with E-state index in [9.17, 15) is 9.18 Å². The molecule has 4 heteroatoms. The summed E-state index contributed by atoms with van der Waals surface area (Å²) in [5.41, 5.74) is 1.81. The van der Waals surface area contributed by atoms with E-state index in [0.29, 0.717) is 12.3 Å². The van der Waals surface area contributed by atoms with E-state index in [-0.39, 0.29) is 11.8 Å². The summed E-state index contributed by atoms with van der Waals surface area (Å²) >= 11 is 0. The Morgan fingerprint density at radius 3 is 2.63 bits per heavy atom. The van der Waals surface area contributed by atoms with Crippen LogP contribution in [0.15, 0.2) is 48.5 Å². The SMILES string of the molecule is CC(=O)Oc1cccc(NCc2ccc(F)cc2)c1. The third-order valence-electron chi connectivity index (χ3n) is 2.51. The molecule has 0 aliphatic rings. The second-order valence-electron chi connectivity index (χ2n) is 4.10. The Hall–Kier alpha value is -2.36. The van der Waals surface area contributed by atoms with Gasteiger partial charge in [-0.3, -0.25) is 4.79 Å². The van der Waals surface area contributed by atoms with Crippen LogP contribution in [-0.4, -0.2) is 5.97 Å². The molecule has 0 aliphatic carbocycles. The van der Waals surface area contributed by atoms with Gasteiger partial charge >= 0.3 is 5.97 Å². The zero-order chi connectivity index (χ0) is 13.7. The van der Waals surface area contributed by atoms with Crippen molar-refractivity contribution in [3.8, 4) is 5.75 Å². The van der Waals surface area contributed by atoms with Crippen molar-refractivity contribution in [1.82, 2.24) is 0 Å². The van der Waals surface area contributed by atoms with Crippen LogP contribution in [0.4, 0.5) is 10.1 Å². The first-order chi connectivity index (χ1) is 9.13. The van der Waals surface area contributed by atoms with Gasteiger partial charge in [0.25, 0.3) is 0 Å². The monoisotopic (exact) mass is 259 g/mol. The normalized spacial score (nSPS) is 10.0. The number of hydrogen-bond donors (Lipinski definition) is 1. The lowest BCUT2D eigenvalue weighted by Crippen LogP contribution is -2.03. The van der Waals surface area contributed by atoms with Crippen LogP contribution in [0.1, 0.15) is 12.5 Å². The zero-order valence-electron chi connectivity index (χ0n) is 10.5. The largest absolute Gasteiger partial charge is 0.427 e. The van der Waals surface area contributed by atoms with E-state index in [2.05, 4.69) is 5.32 Å². The molecule has 0 spiro atoms. The average molecular weight is 259 g/mol. The maximum absolute atomic E-state index is 12.8. The standard InChI is InChI=1S/C15H14FNO2/c1-11(18)19-15-4-2-3-14(9-15)17-10-12-5-7-13(16)8-6-12/h2-9,17H,10H2,1H3. The van der Waals surface area contributed by atoms with Gasteiger partial charge in [-0.1, -0.05) is 18.2 Å². The molecule has 3 nitrogen and oxygen atoms in total. The van der Waals surface area contributed by atoms with Gasteiger partial charge in [-0.2, -0.15) is 0 Å². The van der Waals surface area contributed by atoms with Crippen molar-refractivity contribution in [3.63, 3.8) is 0 Å². The third-order valence-corrected chi connectivity index (χ3v) is 2.51. The molecule has 0 bridgehead atoms. The van der Waals surface area contributed by atoms with Gasteiger partial charge in [-0.15, -0.1) is 0 Å². The molecule has 19 heavy (non-hydrogen) atoms. The molecule has 98 valence electrons. The Morgan fingerprint density at radius 1 is 1.21 bits per heavy atom. The fourth-order valence-electron chi connectivity index (χ4n) is 1.64. The van der Waals surface area contributed by atoms with E-state index < -0.39 is 0 Å². The lowest BCUT2D eigenvalue weighted by Gasteiger charge is -2.08. The first-order valence-electron chi connectivity index (χ1n) is 5.90. The highest BCUT2D eigenvalue weighted by atomic mass is 19.1. The third kappa shape index (κ3) is 4.10. The number of anilines is 1. The van der Waals surface area contributed by atoms with Gasteiger partial charge in [-0.25, -0.2) is 4.39 Å². The van der Waals surface area contributed by atoms with E-state index in [1.165, 1.54) is 19.1 Å². The van der Waals surface area contributed by atoms with Crippen molar-refractivity contribution in [1.29, 1.82) is 0 Å². The Kier molecular flexibility index (Phi) is 4.13. The van der Waals surface area contributed by atoms with Crippen LogP contribution in [0.3, 0.4) is 0 Å². The molecular formula is C15H14FNO2. The second-order valence-corrected chi connectivity index (χ2v) is 4.10. The number of rotatable bonds is 4. The van der Waals surface area contributed by atoms with Crippen LogP contribution < -0.4 is 10.1 Å². The van der Waals surface area contributed by atoms with Crippen LogP contribution >= 0.6 is 0 Å². The molecule has 0 amide bonds. The maximum Gasteiger partial charge on any atom is 0.308 e. The Balaban J connectivity index is 1.99. The molecule has 2 rings (SSSR count). The number of carbonyl (C=O) groups excluding carboxylic acids is 1. The quantitative estimate of drug-likeness (QED) is 0.676. The van der Waals surface area contributed by atoms with E-state index in [1.54, 1.807) is 30.3 Å². The molecule has 0 unspecified atom stereocenters. The molecule has 2 aromatic rings. The summed E-state index contributed by atoms with van der Waals surface area (Å²) in [7, 11) is 0. The number of benzene rings is 2. The molecule has 2 aromatic carbocycles. The number of ether oxygens (including phenoxy) is 1. The predicted octanol–water partition coefficient (Wildman–Crippen LogP) is 3.36. The van der Waals surface area contributed by atoms with E-state index in [0.717, 1.165) is 11.3 Å². The minimum atomic E-state index is -0.351. The van der Waals surface area contributed by atoms with Gasteiger partial charge < -0.3 is 10.1 Å². The molecule has 0 fully saturated rings. The Morgan fingerprint density at radius 2 is 1.95 bits per heavy atom. The fraction of sp³-hybridized carbons (Fsp3) is 0.133. The van der Waals surface area contributed by atoms with Crippen LogP contribution in [0.2, 0.25) is 0 Å². The predicted molar refractivity (Wildman–Crippen MR) is 71.5 cm³/mol. The molecule has 1 N–H and O–H groups in total. The van der Waals surface area contributed by atoms with Crippen LogP contribution in [-0.2, 0) is 11.3 Å². The smallest absolute Gasteiger partial charge is 0.308 e. The molecule has 0 radical (unpaired) electrons. The van der Waals surface area contributed by atoms with Crippen LogP contribution in [0, 0.1) is 5.82 Å². The molecular weight excluding hydrogens is 245 g/mol. The van der Waals surface area contributed by atoms with Crippen molar-refractivity contribution in [2.75, 3.05) is 5.32 Å². The highest BCUT2D eigenvalue weighted by Gasteiger charge is 2.00. The van der Waals surface area contributed by atoms with Gasteiger partial charge in [0.1, 0.15) is 11.6 Å². The first kappa shape index (κ1) is 13.1. The molecule has 0 saturated heterocycles. The number of halogens is 1. The van der Waals surface area contributed by atoms with Gasteiger partial charge in [0.2, 0.25) is 0 Å². The summed E-state index contributed by atoms with van der Waals surface area (Å²) in [4.78, 5) is 10.9. The first-order valence-corrected chi connectivity index (χ1v) is 5.90. The molecule has 0 aromatic heterocycles. The van der Waals surface area contributed by atoms with Gasteiger partial charge in [0.05, 0.1) is 0 Å². The average Bonchev–Trinajstić information content (AvgIpc) is 2.38. The van der Waals surface area contributed by atoms with Gasteiger partial charge in [-0.05, 0) is 29.8 Å². The topological polar surface area (TPSA) is 38.3 Å². The van der Waals surface area contributed by atoms with Gasteiger partial charge in [0, 0.05) is 25.2 Å². The lowest BCUT2D eigenvalue weighted by atomic mass is 10.2. The van der Waals surface area contributed by atoms with E-state index in [1.807, 2.05) is 6.07 Å². The fourth-order valence-corrected chi connectivity index (χ4v) is 1.64. The number of carbonyl (C=O) groups is 1.